The normalized spacial score (nSPS) is 23.6. The van der Waals surface area contributed by atoms with Crippen LogP contribution >= 0.6 is 0 Å². The molecule has 21 heavy (non-hydrogen) atoms. The van der Waals surface area contributed by atoms with Gasteiger partial charge in [0.15, 0.2) is 0 Å². The average molecular weight is 278 g/mol. The van der Waals surface area contributed by atoms with E-state index >= 15 is 0 Å². The molecule has 2 aliphatic heterocycles. The van der Waals surface area contributed by atoms with Crippen molar-refractivity contribution >= 4 is 6.08 Å². The Balaban J connectivity index is 1.87. The van der Waals surface area contributed by atoms with Gasteiger partial charge in [-0.25, -0.2) is 0 Å². The Kier molecular flexibility index (Phi) is 2.86. The Morgan fingerprint density at radius 1 is 1.00 bits per heavy atom. The van der Waals surface area contributed by atoms with Crippen molar-refractivity contribution in [1.29, 1.82) is 0 Å². The largest absolute Gasteiger partial charge is 0.453 e. The second kappa shape index (κ2) is 4.74. The second-order valence-electron chi connectivity index (χ2n) is 5.74. The van der Waals surface area contributed by atoms with Crippen LogP contribution in [0.25, 0.3) is 6.08 Å². The molecule has 0 amide bonds. The first-order chi connectivity index (χ1) is 10.3. The average Bonchev–Trinajstić information content (AvgIpc) is 2.53. The summed E-state index contributed by atoms with van der Waals surface area (Å²) in [7, 11) is 0. The summed E-state index contributed by atoms with van der Waals surface area (Å²) in [5.41, 5.74) is 4.68. The summed E-state index contributed by atoms with van der Waals surface area (Å²) in [4.78, 5) is 0. The third-order valence-electron chi connectivity index (χ3n) is 4.25. The molecular weight excluding hydrogens is 260 g/mol. The van der Waals surface area contributed by atoms with Crippen LogP contribution in [-0.4, -0.2) is 6.61 Å². The quantitative estimate of drug-likeness (QED) is 0.768. The SMILES string of the molecule is Cc1ccc(C23OCCCC2=Cc2ccccc2O3)cc1. The summed E-state index contributed by atoms with van der Waals surface area (Å²) >= 11 is 0. The van der Waals surface area contributed by atoms with E-state index in [4.69, 9.17) is 9.47 Å². The lowest BCUT2D eigenvalue weighted by Crippen LogP contribution is -2.43. The molecular formula is C19H18O2. The first kappa shape index (κ1) is 12.7. The van der Waals surface area contributed by atoms with Gasteiger partial charge in [-0.1, -0.05) is 48.0 Å². The summed E-state index contributed by atoms with van der Waals surface area (Å²) in [6, 6.07) is 16.6. The Morgan fingerprint density at radius 2 is 1.81 bits per heavy atom. The van der Waals surface area contributed by atoms with Crippen LogP contribution < -0.4 is 4.74 Å². The minimum Gasteiger partial charge on any atom is -0.453 e. The van der Waals surface area contributed by atoms with Crippen LogP contribution in [0.3, 0.4) is 0 Å². The zero-order valence-corrected chi connectivity index (χ0v) is 12.1. The zero-order chi connectivity index (χ0) is 14.3. The highest BCUT2D eigenvalue weighted by Crippen LogP contribution is 2.46. The summed E-state index contributed by atoms with van der Waals surface area (Å²) in [6.07, 6.45) is 4.30. The fraction of sp³-hybridized carbons (Fsp3) is 0.263. The van der Waals surface area contributed by atoms with Gasteiger partial charge in [-0.15, -0.1) is 0 Å². The van der Waals surface area contributed by atoms with Crippen molar-refractivity contribution in [3.8, 4) is 5.75 Å². The van der Waals surface area contributed by atoms with Gasteiger partial charge in [-0.2, -0.15) is 0 Å². The van der Waals surface area contributed by atoms with Crippen molar-refractivity contribution in [1.82, 2.24) is 0 Å². The number of para-hydroxylation sites is 1. The molecule has 1 unspecified atom stereocenters. The lowest BCUT2D eigenvalue weighted by Gasteiger charge is -2.42. The van der Waals surface area contributed by atoms with Crippen molar-refractivity contribution in [2.75, 3.05) is 6.61 Å². The topological polar surface area (TPSA) is 18.5 Å². The second-order valence-corrected chi connectivity index (χ2v) is 5.74. The monoisotopic (exact) mass is 278 g/mol. The maximum Gasteiger partial charge on any atom is 0.260 e. The summed E-state index contributed by atoms with van der Waals surface area (Å²) in [6.45, 7) is 2.82. The Labute approximate surface area is 125 Å². The smallest absolute Gasteiger partial charge is 0.260 e. The highest BCUT2D eigenvalue weighted by Gasteiger charge is 2.44. The van der Waals surface area contributed by atoms with Gasteiger partial charge in [0.1, 0.15) is 5.75 Å². The van der Waals surface area contributed by atoms with E-state index in [0.29, 0.717) is 0 Å². The van der Waals surface area contributed by atoms with Gasteiger partial charge in [0.2, 0.25) is 0 Å². The molecule has 0 N–H and O–H groups in total. The fourth-order valence-electron chi connectivity index (χ4n) is 3.13. The first-order valence-electron chi connectivity index (χ1n) is 7.48. The zero-order valence-electron chi connectivity index (χ0n) is 12.1. The third-order valence-corrected chi connectivity index (χ3v) is 4.25. The lowest BCUT2D eigenvalue weighted by molar-refractivity contribution is -0.179. The Morgan fingerprint density at radius 3 is 2.67 bits per heavy atom. The molecule has 2 aromatic carbocycles. The third kappa shape index (κ3) is 1.98. The highest BCUT2D eigenvalue weighted by molar-refractivity contribution is 5.65. The van der Waals surface area contributed by atoms with E-state index in [1.807, 2.05) is 18.2 Å². The molecule has 4 rings (SSSR count). The summed E-state index contributed by atoms with van der Waals surface area (Å²) < 4.78 is 12.5. The minimum atomic E-state index is -0.736. The van der Waals surface area contributed by atoms with Crippen molar-refractivity contribution < 1.29 is 9.47 Å². The number of rotatable bonds is 1. The molecule has 1 atom stereocenters. The molecule has 2 aliphatic rings. The van der Waals surface area contributed by atoms with Crippen LogP contribution in [0.1, 0.15) is 29.5 Å². The van der Waals surface area contributed by atoms with Crippen molar-refractivity contribution in [2.24, 2.45) is 0 Å². The molecule has 0 bridgehead atoms. The van der Waals surface area contributed by atoms with Gasteiger partial charge in [-0.05, 0) is 31.9 Å². The maximum atomic E-state index is 6.36. The first-order valence-corrected chi connectivity index (χ1v) is 7.48. The molecule has 0 radical (unpaired) electrons. The molecule has 2 heterocycles. The molecule has 2 nitrogen and oxygen atoms in total. The van der Waals surface area contributed by atoms with Gasteiger partial charge in [0, 0.05) is 16.7 Å². The lowest BCUT2D eigenvalue weighted by atomic mass is 9.87. The predicted molar refractivity (Wildman–Crippen MR) is 83.1 cm³/mol. The van der Waals surface area contributed by atoms with Gasteiger partial charge in [-0.3, -0.25) is 0 Å². The van der Waals surface area contributed by atoms with E-state index in [1.54, 1.807) is 0 Å². The van der Waals surface area contributed by atoms with E-state index in [-0.39, 0.29) is 0 Å². The predicted octanol–water partition coefficient (Wildman–Crippen LogP) is 4.43. The van der Waals surface area contributed by atoms with Gasteiger partial charge >= 0.3 is 0 Å². The summed E-state index contributed by atoms with van der Waals surface area (Å²) in [5, 5.41) is 0. The molecule has 2 heteroatoms. The maximum absolute atomic E-state index is 6.36. The number of hydrogen-bond donors (Lipinski definition) is 0. The van der Waals surface area contributed by atoms with Crippen molar-refractivity contribution in [3.05, 3.63) is 70.8 Å². The van der Waals surface area contributed by atoms with Crippen molar-refractivity contribution in [3.63, 3.8) is 0 Å². The minimum absolute atomic E-state index is 0.730. The van der Waals surface area contributed by atoms with E-state index in [1.165, 1.54) is 11.1 Å². The van der Waals surface area contributed by atoms with Crippen LogP contribution in [0.5, 0.6) is 5.75 Å². The number of hydrogen-bond acceptors (Lipinski definition) is 2. The standard InChI is InChI=1S/C19H18O2/c1-14-8-10-16(11-9-14)19-17(6-4-12-20-19)13-15-5-2-3-7-18(15)21-19/h2-3,5,7-11,13H,4,6,12H2,1H3. The number of aryl methyl sites for hydroxylation is 1. The molecule has 2 aromatic rings. The number of fused-ring (bicyclic) bond motifs is 2. The van der Waals surface area contributed by atoms with Gasteiger partial charge < -0.3 is 9.47 Å². The molecule has 0 spiro atoms. The van der Waals surface area contributed by atoms with E-state index < -0.39 is 5.79 Å². The highest BCUT2D eigenvalue weighted by atomic mass is 16.7. The summed E-state index contributed by atoms with van der Waals surface area (Å²) in [5.74, 6) is 0.157. The molecule has 1 saturated heterocycles. The fourth-order valence-corrected chi connectivity index (χ4v) is 3.13. The number of benzene rings is 2. The van der Waals surface area contributed by atoms with E-state index in [2.05, 4.69) is 43.3 Å². The molecule has 0 aromatic heterocycles. The van der Waals surface area contributed by atoms with Crippen LogP contribution in [0.15, 0.2) is 54.1 Å². The molecule has 0 aliphatic carbocycles. The molecule has 1 fully saturated rings. The van der Waals surface area contributed by atoms with Gasteiger partial charge in [0.05, 0.1) is 6.61 Å². The number of ether oxygens (including phenoxy) is 2. The molecule has 106 valence electrons. The van der Waals surface area contributed by atoms with E-state index in [9.17, 15) is 0 Å². The van der Waals surface area contributed by atoms with E-state index in [0.717, 1.165) is 36.3 Å². The molecule has 0 saturated carbocycles. The van der Waals surface area contributed by atoms with Crippen LogP contribution in [-0.2, 0) is 10.5 Å². The Bertz CT molecular complexity index is 700. The van der Waals surface area contributed by atoms with Crippen molar-refractivity contribution in [2.45, 2.75) is 25.6 Å². The van der Waals surface area contributed by atoms with Crippen LogP contribution in [0.4, 0.5) is 0 Å². The van der Waals surface area contributed by atoms with Gasteiger partial charge in [0.25, 0.3) is 5.79 Å². The Hall–Kier alpha value is -2.06. The van der Waals surface area contributed by atoms with Crippen LogP contribution in [0, 0.1) is 6.92 Å². The van der Waals surface area contributed by atoms with Crippen LogP contribution in [0.2, 0.25) is 0 Å².